The Hall–Kier alpha value is -2.77. The molecule has 4 heterocycles. The summed E-state index contributed by atoms with van der Waals surface area (Å²) in [6, 6.07) is 10.6. The van der Waals surface area contributed by atoms with Crippen LogP contribution in [0.15, 0.2) is 72.0 Å². The third kappa shape index (κ3) is 5.58. The minimum absolute atomic E-state index is 0. The molecule has 0 spiro atoms. The smallest absolute Gasteiger partial charge is 0.571 e. The van der Waals surface area contributed by atoms with Gasteiger partial charge in [0.2, 0.25) is 0 Å². The van der Waals surface area contributed by atoms with E-state index in [1.807, 2.05) is 18.2 Å². The molecule has 0 fully saturated rings. The number of fused-ring (bicyclic) bond motifs is 1. The first-order valence-electron chi connectivity index (χ1n) is 10.5. The second kappa shape index (κ2) is 10.2. The van der Waals surface area contributed by atoms with Gasteiger partial charge in [-0.05, 0) is 36.4 Å². The Bertz CT molecular complexity index is 1610. The average Bonchev–Trinajstić information content (AvgIpc) is 3.43. The number of carbonyl (C=O) groups is 1. The number of pyridine rings is 2. The van der Waals surface area contributed by atoms with Crippen LogP contribution in [-0.2, 0) is 22.7 Å². The van der Waals surface area contributed by atoms with E-state index in [0.29, 0.717) is 23.9 Å². The van der Waals surface area contributed by atoms with Gasteiger partial charge in [-0.1, -0.05) is 12.1 Å². The van der Waals surface area contributed by atoms with E-state index in [1.54, 1.807) is 24.3 Å². The number of aromatic nitrogens is 2. The average molecular weight is 553 g/mol. The van der Waals surface area contributed by atoms with Crippen LogP contribution in [0.3, 0.4) is 0 Å². The van der Waals surface area contributed by atoms with E-state index in [9.17, 15) is 26.4 Å². The number of rotatable bonds is 5. The van der Waals surface area contributed by atoms with Gasteiger partial charge in [0.05, 0.1) is 10.5 Å². The van der Waals surface area contributed by atoms with Crippen molar-refractivity contribution in [2.45, 2.75) is 17.6 Å². The molecule has 1 aliphatic rings. The maximum Gasteiger partial charge on any atom is 1.00 e. The van der Waals surface area contributed by atoms with E-state index in [4.69, 9.17) is 0 Å². The first-order valence-corrected chi connectivity index (χ1v) is 12.7. The van der Waals surface area contributed by atoms with Gasteiger partial charge < -0.3 is 9.62 Å². The van der Waals surface area contributed by atoms with Crippen molar-refractivity contribution in [3.05, 3.63) is 88.7 Å². The predicted molar refractivity (Wildman–Crippen MR) is 128 cm³/mol. The normalized spacial score (nSPS) is 13.3. The van der Waals surface area contributed by atoms with Gasteiger partial charge in [0.15, 0.2) is 0 Å². The summed E-state index contributed by atoms with van der Waals surface area (Å²) in [5.74, 6) is -0.116. The number of benzene rings is 1. The fourth-order valence-electron chi connectivity index (χ4n) is 3.75. The van der Waals surface area contributed by atoms with Crippen LogP contribution in [0.2, 0.25) is 0 Å². The number of hydrogen-bond acceptors (Lipinski definition) is 6. The Morgan fingerprint density at radius 1 is 1.00 bits per heavy atom. The predicted octanol–water partition coefficient (Wildman–Crippen LogP) is 2.87. The van der Waals surface area contributed by atoms with E-state index in [-0.39, 0.29) is 41.2 Å². The SMILES string of the molecule is CN1Cc2cc(-c3ccc(-c4cncc([N-]S(=O)(=O)c5cccc(C(F)(F)F)c5)c4)s3)cnc2C1=O.[Na+]. The second-order valence-electron chi connectivity index (χ2n) is 8.08. The number of sulfonamides is 1. The second-order valence-corrected chi connectivity index (χ2v) is 10.8. The molecule has 0 atom stereocenters. The van der Waals surface area contributed by atoms with E-state index in [0.717, 1.165) is 39.1 Å². The fraction of sp³-hybridized carbons (Fsp3) is 0.125. The maximum absolute atomic E-state index is 13.0. The molecule has 37 heavy (non-hydrogen) atoms. The Morgan fingerprint density at radius 2 is 1.70 bits per heavy atom. The largest absolute Gasteiger partial charge is 1.00 e. The minimum atomic E-state index is -4.68. The number of amides is 1. The summed E-state index contributed by atoms with van der Waals surface area (Å²) in [6.07, 6.45) is -0.276. The van der Waals surface area contributed by atoms with Crippen LogP contribution < -0.4 is 29.6 Å². The zero-order valence-corrected chi connectivity index (χ0v) is 23.2. The molecule has 0 aliphatic carbocycles. The molecule has 0 N–H and O–H groups in total. The fourth-order valence-corrected chi connectivity index (χ4v) is 5.73. The van der Waals surface area contributed by atoms with Crippen molar-refractivity contribution in [2.24, 2.45) is 0 Å². The van der Waals surface area contributed by atoms with E-state index in [2.05, 4.69) is 14.7 Å². The van der Waals surface area contributed by atoms with E-state index < -0.39 is 26.7 Å². The number of halogens is 3. The Kier molecular flexibility index (Phi) is 7.50. The van der Waals surface area contributed by atoms with Crippen molar-refractivity contribution in [1.29, 1.82) is 0 Å². The summed E-state index contributed by atoms with van der Waals surface area (Å²) in [4.78, 5) is 23.1. The maximum atomic E-state index is 13.0. The number of hydrogen-bond donors (Lipinski definition) is 0. The third-order valence-electron chi connectivity index (χ3n) is 5.51. The zero-order valence-electron chi connectivity index (χ0n) is 19.5. The number of thiophene rings is 1. The molecule has 5 rings (SSSR count). The van der Waals surface area contributed by atoms with Crippen LogP contribution in [-0.4, -0.2) is 36.2 Å². The summed E-state index contributed by atoms with van der Waals surface area (Å²) in [7, 11) is -2.69. The molecular weight excluding hydrogens is 536 g/mol. The van der Waals surface area contributed by atoms with Crippen LogP contribution in [0.5, 0.6) is 0 Å². The van der Waals surface area contributed by atoms with Crippen LogP contribution in [0.4, 0.5) is 18.9 Å². The van der Waals surface area contributed by atoms with Gasteiger partial charge in [-0.2, -0.15) is 13.2 Å². The molecule has 184 valence electrons. The minimum Gasteiger partial charge on any atom is -0.571 e. The van der Waals surface area contributed by atoms with Crippen molar-refractivity contribution >= 4 is 33.0 Å². The number of alkyl halides is 3. The van der Waals surface area contributed by atoms with Crippen LogP contribution >= 0.6 is 11.3 Å². The van der Waals surface area contributed by atoms with Crippen LogP contribution in [0.25, 0.3) is 25.6 Å². The monoisotopic (exact) mass is 552 g/mol. The summed E-state index contributed by atoms with van der Waals surface area (Å²) in [5.41, 5.74) is 1.63. The zero-order chi connectivity index (χ0) is 25.7. The van der Waals surface area contributed by atoms with Crippen molar-refractivity contribution in [1.82, 2.24) is 14.9 Å². The molecule has 0 saturated heterocycles. The van der Waals surface area contributed by atoms with Gasteiger partial charge in [0, 0.05) is 58.6 Å². The molecular formula is C24H16F3N4NaO3S2. The third-order valence-corrected chi connectivity index (χ3v) is 7.99. The molecule has 1 aliphatic heterocycles. The number of carbonyl (C=O) groups excluding carboxylic acids is 1. The Labute approximate surface area is 236 Å². The quantitative estimate of drug-likeness (QED) is 0.355. The molecule has 1 amide bonds. The van der Waals surface area contributed by atoms with Crippen molar-refractivity contribution in [2.75, 3.05) is 7.05 Å². The van der Waals surface area contributed by atoms with Gasteiger partial charge in [-0.15, -0.1) is 17.0 Å². The topological polar surface area (TPSA) is 94.3 Å². The van der Waals surface area contributed by atoms with Gasteiger partial charge in [-0.3, -0.25) is 14.8 Å². The van der Waals surface area contributed by atoms with Crippen molar-refractivity contribution < 1.29 is 55.9 Å². The van der Waals surface area contributed by atoms with E-state index in [1.165, 1.54) is 23.6 Å². The van der Waals surface area contributed by atoms with Gasteiger partial charge in [-0.25, -0.2) is 8.42 Å². The van der Waals surface area contributed by atoms with Crippen molar-refractivity contribution in [3.63, 3.8) is 0 Å². The first kappa shape index (κ1) is 27.3. The van der Waals surface area contributed by atoms with E-state index >= 15 is 0 Å². The molecule has 0 unspecified atom stereocenters. The molecule has 13 heteroatoms. The summed E-state index contributed by atoms with van der Waals surface area (Å²) in [5, 5.41) is 0. The van der Waals surface area contributed by atoms with Gasteiger partial charge in [0.1, 0.15) is 15.7 Å². The standard InChI is InChI=1S/C24H16F3N4O3S2.Na/c1-31-13-16-7-14(11-29-22(16)23(31)32)20-5-6-21(35-20)15-8-18(12-28-10-15)30-36(33,34)19-4-2-3-17(9-19)24(25,26)27;/h2-12H,13H2,1H3;/q-1;+1. The molecule has 0 radical (unpaired) electrons. The molecule has 1 aromatic carbocycles. The van der Waals surface area contributed by atoms with Crippen molar-refractivity contribution in [3.8, 4) is 20.9 Å². The number of nitrogens with zero attached hydrogens (tertiary/aromatic N) is 4. The van der Waals surface area contributed by atoms with Crippen LogP contribution in [0.1, 0.15) is 21.6 Å². The molecule has 7 nitrogen and oxygen atoms in total. The molecule has 0 bridgehead atoms. The van der Waals surface area contributed by atoms with Crippen LogP contribution in [0, 0.1) is 0 Å². The molecule has 4 aromatic rings. The Morgan fingerprint density at radius 3 is 2.41 bits per heavy atom. The molecule has 0 saturated carbocycles. The molecule has 3 aromatic heterocycles. The summed E-state index contributed by atoms with van der Waals surface area (Å²) in [6.45, 7) is 0.487. The summed E-state index contributed by atoms with van der Waals surface area (Å²) >= 11 is 1.42. The Balaban J connectivity index is 0.00000320. The summed E-state index contributed by atoms with van der Waals surface area (Å²) < 4.78 is 68.0. The van der Waals surface area contributed by atoms with Gasteiger partial charge in [0.25, 0.3) is 5.91 Å². The first-order chi connectivity index (χ1) is 17.0. The van der Waals surface area contributed by atoms with Gasteiger partial charge >= 0.3 is 35.7 Å².